The van der Waals surface area contributed by atoms with Crippen LogP contribution in [0.3, 0.4) is 0 Å². The van der Waals surface area contributed by atoms with E-state index in [-0.39, 0.29) is 16.8 Å². The average molecular weight is 431 g/mol. The number of hydrogen-bond donors (Lipinski definition) is 3. The van der Waals surface area contributed by atoms with Gasteiger partial charge in [0.15, 0.2) is 0 Å². The highest BCUT2D eigenvalue weighted by Gasteiger charge is 2.35. The van der Waals surface area contributed by atoms with E-state index in [1.165, 1.54) is 10.8 Å². The van der Waals surface area contributed by atoms with Crippen molar-refractivity contribution in [3.8, 4) is 5.69 Å². The number of amides is 4. The van der Waals surface area contributed by atoms with E-state index in [9.17, 15) is 19.2 Å². The van der Waals surface area contributed by atoms with Crippen molar-refractivity contribution < 1.29 is 14.4 Å². The topological polar surface area (TPSA) is 116 Å². The van der Waals surface area contributed by atoms with Gasteiger partial charge in [-0.25, -0.2) is 14.4 Å². The first-order chi connectivity index (χ1) is 15.3. The number of nitrogens with one attached hydrogen (secondary N) is 3. The fourth-order valence-corrected chi connectivity index (χ4v) is 3.33. The quantitative estimate of drug-likeness (QED) is 0.425. The maximum absolute atomic E-state index is 12.8. The number of imide groups is 1. The van der Waals surface area contributed by atoms with Crippen LogP contribution in [0.15, 0.2) is 65.1 Å². The lowest BCUT2D eigenvalue weighted by atomic mass is 10.2. The van der Waals surface area contributed by atoms with Crippen LogP contribution >= 0.6 is 0 Å². The Labute approximate surface area is 183 Å². The average Bonchev–Trinajstić information content (AvgIpc) is 3.21. The number of rotatable bonds is 5. The van der Waals surface area contributed by atoms with Crippen molar-refractivity contribution in [2.45, 2.75) is 13.8 Å². The van der Waals surface area contributed by atoms with E-state index in [1.54, 1.807) is 43.3 Å². The molecule has 3 aromatic rings. The Bertz CT molecular complexity index is 1290. The lowest BCUT2D eigenvalue weighted by Crippen LogP contribution is -2.38. The summed E-state index contributed by atoms with van der Waals surface area (Å²) in [5.74, 6) is -1.19. The summed E-state index contributed by atoms with van der Waals surface area (Å²) in [7, 11) is 0. The molecule has 1 aliphatic heterocycles. The lowest BCUT2D eigenvalue weighted by Gasteiger charge is -2.12. The number of urea groups is 1. The summed E-state index contributed by atoms with van der Waals surface area (Å²) < 4.78 is 1.36. The van der Waals surface area contributed by atoms with E-state index in [0.717, 1.165) is 10.5 Å². The van der Waals surface area contributed by atoms with Crippen molar-refractivity contribution in [2.75, 3.05) is 11.9 Å². The predicted octanol–water partition coefficient (Wildman–Crippen LogP) is 2.31. The summed E-state index contributed by atoms with van der Waals surface area (Å²) in [6, 6.07) is 15.4. The number of aromatic amines is 1. The molecule has 0 spiro atoms. The van der Waals surface area contributed by atoms with Gasteiger partial charge in [0.25, 0.3) is 11.5 Å². The molecule has 4 amide bonds. The van der Waals surface area contributed by atoms with Gasteiger partial charge >= 0.3 is 6.03 Å². The molecule has 0 atom stereocenters. The third-order valence-electron chi connectivity index (χ3n) is 5.02. The maximum atomic E-state index is 12.8. The molecule has 1 fully saturated rings. The van der Waals surface area contributed by atoms with E-state index in [1.807, 2.05) is 25.1 Å². The molecule has 1 aromatic heterocycles. The van der Waals surface area contributed by atoms with Gasteiger partial charge in [-0.15, -0.1) is 0 Å². The van der Waals surface area contributed by atoms with Crippen molar-refractivity contribution in [2.24, 2.45) is 0 Å². The van der Waals surface area contributed by atoms with Gasteiger partial charge in [0, 0.05) is 11.4 Å². The van der Waals surface area contributed by atoms with Gasteiger partial charge in [-0.05, 0) is 44.2 Å². The number of para-hydroxylation sites is 1. The van der Waals surface area contributed by atoms with Crippen molar-refractivity contribution in [3.05, 3.63) is 87.5 Å². The van der Waals surface area contributed by atoms with E-state index >= 15 is 0 Å². The monoisotopic (exact) mass is 431 g/mol. The zero-order valence-corrected chi connectivity index (χ0v) is 17.5. The Hall–Kier alpha value is -4.40. The minimum absolute atomic E-state index is 0.0717. The van der Waals surface area contributed by atoms with E-state index in [0.29, 0.717) is 17.1 Å². The standard InChI is InChI=1S/C23H21N5O4/c1-14-8-10-16(11-9-14)24-20(29)13-27-22(31)19(25-23(27)32)12-18-15(2)26-28(21(18)30)17-6-4-3-5-7-17/h3-12,26H,13H2,1-2H3,(H,24,29)(H,25,32)/b19-12+. The molecule has 9 heteroatoms. The minimum atomic E-state index is -0.725. The van der Waals surface area contributed by atoms with Crippen LogP contribution in [0, 0.1) is 13.8 Å². The minimum Gasteiger partial charge on any atom is -0.325 e. The number of carbonyl (C=O) groups excluding carboxylic acids is 3. The van der Waals surface area contributed by atoms with Gasteiger partial charge in [0.05, 0.1) is 11.3 Å². The Morgan fingerprint density at radius 2 is 1.69 bits per heavy atom. The van der Waals surface area contributed by atoms with Crippen LogP contribution in [0.4, 0.5) is 10.5 Å². The molecule has 0 aliphatic carbocycles. The Balaban J connectivity index is 1.53. The molecule has 0 unspecified atom stereocenters. The van der Waals surface area contributed by atoms with Crippen LogP contribution in [0.1, 0.15) is 16.8 Å². The SMILES string of the molecule is Cc1ccc(NC(=O)CN2C(=O)N/C(=C/c3c(C)[nH]n(-c4ccccc4)c3=O)C2=O)cc1. The molecule has 2 heterocycles. The molecule has 1 saturated heterocycles. The molecular weight excluding hydrogens is 410 g/mol. The molecule has 0 saturated carbocycles. The van der Waals surface area contributed by atoms with Crippen LogP contribution in [0.2, 0.25) is 0 Å². The van der Waals surface area contributed by atoms with Crippen molar-refractivity contribution in [3.63, 3.8) is 0 Å². The Kier molecular flexibility index (Phi) is 5.46. The number of H-pyrrole nitrogens is 1. The first-order valence-corrected chi connectivity index (χ1v) is 9.91. The van der Waals surface area contributed by atoms with Crippen LogP contribution in [0.5, 0.6) is 0 Å². The third-order valence-corrected chi connectivity index (χ3v) is 5.02. The number of aromatic nitrogens is 2. The predicted molar refractivity (Wildman–Crippen MR) is 119 cm³/mol. The summed E-state index contributed by atoms with van der Waals surface area (Å²) in [5, 5.41) is 8.05. The normalized spacial score (nSPS) is 14.7. The van der Waals surface area contributed by atoms with Gasteiger partial charge in [-0.3, -0.25) is 19.5 Å². The van der Waals surface area contributed by atoms with Crippen LogP contribution in [0.25, 0.3) is 11.8 Å². The molecule has 1 aliphatic rings. The van der Waals surface area contributed by atoms with Crippen LogP contribution in [-0.2, 0) is 9.59 Å². The molecule has 0 radical (unpaired) electrons. The van der Waals surface area contributed by atoms with Gasteiger partial charge < -0.3 is 10.6 Å². The van der Waals surface area contributed by atoms with Crippen molar-refractivity contribution in [1.82, 2.24) is 20.0 Å². The summed E-state index contributed by atoms with van der Waals surface area (Å²) >= 11 is 0. The zero-order valence-electron chi connectivity index (χ0n) is 17.5. The molecule has 162 valence electrons. The summed E-state index contributed by atoms with van der Waals surface area (Å²) in [4.78, 5) is 51.0. The van der Waals surface area contributed by atoms with Gasteiger partial charge in [0.1, 0.15) is 12.2 Å². The van der Waals surface area contributed by atoms with E-state index in [4.69, 9.17) is 0 Å². The Morgan fingerprint density at radius 3 is 2.38 bits per heavy atom. The first kappa shape index (κ1) is 20.9. The second-order valence-corrected chi connectivity index (χ2v) is 7.42. The van der Waals surface area contributed by atoms with E-state index < -0.39 is 24.4 Å². The summed E-state index contributed by atoms with van der Waals surface area (Å²) in [6.45, 7) is 3.17. The number of benzene rings is 2. The molecule has 3 N–H and O–H groups in total. The molecular formula is C23H21N5O4. The zero-order chi connectivity index (χ0) is 22.8. The van der Waals surface area contributed by atoms with Crippen molar-refractivity contribution in [1.29, 1.82) is 0 Å². The lowest BCUT2D eigenvalue weighted by molar-refractivity contribution is -0.127. The van der Waals surface area contributed by atoms with Gasteiger partial charge in [-0.1, -0.05) is 35.9 Å². The molecule has 4 rings (SSSR count). The van der Waals surface area contributed by atoms with Gasteiger partial charge in [-0.2, -0.15) is 0 Å². The fraction of sp³-hybridized carbons (Fsp3) is 0.130. The second kappa shape index (κ2) is 8.38. The number of nitrogens with zero attached hydrogens (tertiary/aromatic N) is 2. The number of anilines is 1. The first-order valence-electron chi connectivity index (χ1n) is 9.91. The van der Waals surface area contributed by atoms with Crippen molar-refractivity contribution >= 4 is 29.6 Å². The highest BCUT2D eigenvalue weighted by molar-refractivity contribution is 6.16. The van der Waals surface area contributed by atoms with Crippen LogP contribution < -0.4 is 16.2 Å². The highest BCUT2D eigenvalue weighted by Crippen LogP contribution is 2.16. The smallest absolute Gasteiger partial charge is 0.325 e. The molecule has 32 heavy (non-hydrogen) atoms. The summed E-state index contributed by atoms with van der Waals surface area (Å²) in [5.41, 5.74) is 2.58. The van der Waals surface area contributed by atoms with E-state index in [2.05, 4.69) is 15.7 Å². The van der Waals surface area contributed by atoms with Crippen LogP contribution in [-0.4, -0.2) is 39.1 Å². The molecule has 2 aromatic carbocycles. The number of aryl methyl sites for hydroxylation is 2. The van der Waals surface area contributed by atoms with Gasteiger partial charge in [0.2, 0.25) is 5.91 Å². The molecule has 0 bridgehead atoms. The highest BCUT2D eigenvalue weighted by atomic mass is 16.2. The fourth-order valence-electron chi connectivity index (χ4n) is 3.33. The second-order valence-electron chi connectivity index (χ2n) is 7.42. The maximum Gasteiger partial charge on any atom is 0.329 e. The third kappa shape index (κ3) is 4.08. The number of hydrogen-bond acceptors (Lipinski definition) is 4. The number of carbonyl (C=O) groups is 3. The summed E-state index contributed by atoms with van der Waals surface area (Å²) in [6.07, 6.45) is 1.33. The Morgan fingerprint density at radius 1 is 1.00 bits per heavy atom. The largest absolute Gasteiger partial charge is 0.329 e. The molecule has 9 nitrogen and oxygen atoms in total.